The third-order valence-electron chi connectivity index (χ3n) is 4.35. The van der Waals surface area contributed by atoms with Crippen molar-refractivity contribution < 1.29 is 4.74 Å². The zero-order valence-corrected chi connectivity index (χ0v) is 16.6. The van der Waals surface area contributed by atoms with Crippen molar-refractivity contribution in [1.29, 1.82) is 10.9 Å². The van der Waals surface area contributed by atoms with E-state index in [1.54, 1.807) is 6.20 Å². The SMILES string of the molecule is CCc1nc(C)ccc1Oc1ccnc(Nc2cccc(CCC(=N)N=N)c2)c1. The van der Waals surface area contributed by atoms with Crippen molar-refractivity contribution in [2.45, 2.75) is 33.1 Å². The third-order valence-corrected chi connectivity index (χ3v) is 4.35. The smallest absolute Gasteiger partial charge is 0.148 e. The highest BCUT2D eigenvalue weighted by Crippen LogP contribution is 2.27. The highest BCUT2D eigenvalue weighted by Gasteiger charge is 2.07. The number of pyridine rings is 2. The molecule has 7 nitrogen and oxygen atoms in total. The molecule has 0 fully saturated rings. The topological polar surface area (TPSA) is 107 Å². The molecule has 148 valence electrons. The summed E-state index contributed by atoms with van der Waals surface area (Å²) in [6.45, 7) is 4.02. The first-order chi connectivity index (χ1) is 14.1. The molecule has 2 heterocycles. The summed E-state index contributed by atoms with van der Waals surface area (Å²) in [5.41, 5.74) is 10.7. The molecule has 0 saturated carbocycles. The average molecular weight is 388 g/mol. The fraction of sp³-hybridized carbons (Fsp3) is 0.227. The van der Waals surface area contributed by atoms with E-state index >= 15 is 0 Å². The molecule has 1 aromatic carbocycles. The lowest BCUT2D eigenvalue weighted by Crippen LogP contribution is -1.98. The summed E-state index contributed by atoms with van der Waals surface area (Å²) in [7, 11) is 0. The van der Waals surface area contributed by atoms with E-state index in [0.717, 1.165) is 34.8 Å². The van der Waals surface area contributed by atoms with Gasteiger partial charge in [-0.1, -0.05) is 19.1 Å². The fourth-order valence-electron chi connectivity index (χ4n) is 2.89. The van der Waals surface area contributed by atoms with Gasteiger partial charge < -0.3 is 10.1 Å². The van der Waals surface area contributed by atoms with Gasteiger partial charge in [0.2, 0.25) is 0 Å². The third kappa shape index (κ3) is 5.68. The Labute approximate surface area is 170 Å². The Balaban J connectivity index is 1.72. The van der Waals surface area contributed by atoms with Gasteiger partial charge in [0.05, 0.1) is 5.69 Å². The molecule has 7 heteroatoms. The number of hydrogen-bond acceptors (Lipinski definition) is 6. The number of ether oxygens (including phenoxy) is 1. The van der Waals surface area contributed by atoms with Crippen LogP contribution in [-0.4, -0.2) is 15.8 Å². The Morgan fingerprint density at radius 1 is 1.17 bits per heavy atom. The van der Waals surface area contributed by atoms with Gasteiger partial charge in [-0.05, 0) is 55.7 Å². The molecule has 3 aromatic rings. The minimum absolute atomic E-state index is 0.0759. The van der Waals surface area contributed by atoms with E-state index in [9.17, 15) is 0 Å². The maximum absolute atomic E-state index is 7.48. The lowest BCUT2D eigenvalue weighted by Gasteiger charge is -2.12. The summed E-state index contributed by atoms with van der Waals surface area (Å²) in [4.78, 5) is 8.90. The Hall–Kier alpha value is -3.61. The summed E-state index contributed by atoms with van der Waals surface area (Å²) in [6, 6.07) is 15.4. The molecular weight excluding hydrogens is 364 g/mol. The molecule has 3 rings (SSSR count). The molecular formula is C22H24N6O. The van der Waals surface area contributed by atoms with E-state index in [1.165, 1.54) is 0 Å². The molecule has 0 aliphatic carbocycles. The average Bonchev–Trinajstić information content (AvgIpc) is 2.73. The highest BCUT2D eigenvalue weighted by atomic mass is 16.5. The first-order valence-corrected chi connectivity index (χ1v) is 9.48. The van der Waals surface area contributed by atoms with Crippen molar-refractivity contribution in [2.75, 3.05) is 5.32 Å². The summed E-state index contributed by atoms with van der Waals surface area (Å²) in [5.74, 6) is 2.18. The van der Waals surface area contributed by atoms with Gasteiger partial charge in [0.15, 0.2) is 0 Å². The number of rotatable bonds is 8. The summed E-state index contributed by atoms with van der Waals surface area (Å²) >= 11 is 0. The van der Waals surface area contributed by atoms with Crippen molar-refractivity contribution in [3.63, 3.8) is 0 Å². The van der Waals surface area contributed by atoms with Gasteiger partial charge in [0.1, 0.15) is 23.2 Å². The number of nitrogens with zero attached hydrogens (tertiary/aromatic N) is 3. The van der Waals surface area contributed by atoms with Crippen molar-refractivity contribution in [3.05, 3.63) is 71.7 Å². The highest BCUT2D eigenvalue weighted by molar-refractivity contribution is 5.79. The van der Waals surface area contributed by atoms with Crippen LogP contribution in [0.4, 0.5) is 11.5 Å². The van der Waals surface area contributed by atoms with Crippen LogP contribution in [0.15, 0.2) is 59.8 Å². The summed E-state index contributed by atoms with van der Waals surface area (Å²) < 4.78 is 6.04. The zero-order valence-electron chi connectivity index (χ0n) is 16.6. The van der Waals surface area contributed by atoms with Gasteiger partial charge >= 0.3 is 0 Å². The second kappa shape index (κ2) is 9.54. The largest absolute Gasteiger partial charge is 0.455 e. The van der Waals surface area contributed by atoms with Crippen LogP contribution in [0.2, 0.25) is 0 Å². The van der Waals surface area contributed by atoms with Crippen molar-refractivity contribution >= 4 is 17.3 Å². The van der Waals surface area contributed by atoms with Gasteiger partial charge in [-0.3, -0.25) is 10.4 Å². The fourth-order valence-corrected chi connectivity index (χ4v) is 2.89. The van der Waals surface area contributed by atoms with Crippen molar-refractivity contribution in [2.24, 2.45) is 5.11 Å². The summed E-state index contributed by atoms with van der Waals surface area (Å²) in [6.07, 6.45) is 3.60. The van der Waals surface area contributed by atoms with Crippen molar-refractivity contribution in [3.8, 4) is 11.5 Å². The van der Waals surface area contributed by atoms with E-state index in [4.69, 9.17) is 15.7 Å². The number of nitrogens with one attached hydrogen (secondary N) is 3. The standard InChI is InChI=1S/C22H24N6O/c1-3-19-20(9-7-15(2)26-19)29-18-11-12-25-22(14-18)27-17-6-4-5-16(13-17)8-10-21(23)28-24/h4-7,9,11-14,23-24H,3,8,10H2,1-2H3,(H,25,27). The van der Waals surface area contributed by atoms with Crippen LogP contribution in [0.3, 0.4) is 0 Å². The van der Waals surface area contributed by atoms with Crippen LogP contribution in [0.25, 0.3) is 0 Å². The number of amidine groups is 1. The molecule has 2 aromatic heterocycles. The summed E-state index contributed by atoms with van der Waals surface area (Å²) in [5, 5.41) is 13.9. The van der Waals surface area contributed by atoms with Gasteiger partial charge in [-0.15, -0.1) is 5.11 Å². The molecule has 0 unspecified atom stereocenters. The van der Waals surface area contributed by atoms with E-state index in [1.807, 2.05) is 55.5 Å². The minimum atomic E-state index is 0.0759. The quantitative estimate of drug-likeness (QED) is 0.256. The van der Waals surface area contributed by atoms with Crippen LogP contribution in [0, 0.1) is 17.9 Å². The lowest BCUT2D eigenvalue weighted by atomic mass is 10.1. The molecule has 0 aliphatic heterocycles. The van der Waals surface area contributed by atoms with Crippen LogP contribution in [0.5, 0.6) is 11.5 Å². The molecule has 0 aliphatic rings. The number of aromatic nitrogens is 2. The van der Waals surface area contributed by atoms with Crippen LogP contribution in [-0.2, 0) is 12.8 Å². The van der Waals surface area contributed by atoms with Gasteiger partial charge in [0.25, 0.3) is 0 Å². The van der Waals surface area contributed by atoms with Crippen LogP contribution < -0.4 is 10.1 Å². The molecule has 0 saturated heterocycles. The second-order valence-corrected chi connectivity index (χ2v) is 6.61. The second-order valence-electron chi connectivity index (χ2n) is 6.61. The zero-order chi connectivity index (χ0) is 20.6. The Kier molecular flexibility index (Phi) is 6.63. The van der Waals surface area contributed by atoms with Crippen molar-refractivity contribution in [1.82, 2.24) is 9.97 Å². The first-order valence-electron chi connectivity index (χ1n) is 9.48. The van der Waals surface area contributed by atoms with Gasteiger partial charge in [-0.2, -0.15) is 0 Å². The maximum atomic E-state index is 7.48. The Morgan fingerprint density at radius 3 is 2.83 bits per heavy atom. The predicted octanol–water partition coefficient (Wildman–Crippen LogP) is 5.82. The first kappa shape index (κ1) is 20.1. The predicted molar refractivity (Wildman–Crippen MR) is 114 cm³/mol. The Morgan fingerprint density at radius 2 is 2.03 bits per heavy atom. The lowest BCUT2D eigenvalue weighted by molar-refractivity contribution is 0.472. The molecule has 3 N–H and O–H groups in total. The molecule has 0 radical (unpaired) electrons. The number of aryl methyl sites for hydroxylation is 3. The number of hydrogen-bond donors (Lipinski definition) is 3. The van der Waals surface area contributed by atoms with E-state index in [-0.39, 0.29) is 5.84 Å². The van der Waals surface area contributed by atoms with Gasteiger partial charge in [0, 0.05) is 30.1 Å². The monoisotopic (exact) mass is 388 g/mol. The van der Waals surface area contributed by atoms with E-state index in [2.05, 4.69) is 27.3 Å². The van der Waals surface area contributed by atoms with E-state index in [0.29, 0.717) is 24.4 Å². The minimum Gasteiger partial charge on any atom is -0.455 e. The molecule has 0 amide bonds. The normalized spacial score (nSPS) is 10.4. The number of anilines is 2. The molecule has 0 atom stereocenters. The van der Waals surface area contributed by atoms with Crippen LogP contribution in [0.1, 0.15) is 30.3 Å². The van der Waals surface area contributed by atoms with E-state index < -0.39 is 0 Å². The van der Waals surface area contributed by atoms with Crippen LogP contribution >= 0.6 is 0 Å². The maximum Gasteiger partial charge on any atom is 0.148 e. The number of benzene rings is 1. The molecule has 0 bridgehead atoms. The molecule has 0 spiro atoms. The van der Waals surface area contributed by atoms with Gasteiger partial charge in [-0.25, -0.2) is 10.5 Å². The Bertz CT molecular complexity index is 1020. The molecule has 29 heavy (non-hydrogen) atoms.